The fourth-order valence-electron chi connectivity index (χ4n) is 1.62. The fraction of sp³-hybridized carbons (Fsp3) is 0.583. The van der Waals surface area contributed by atoms with Crippen LogP contribution >= 0.6 is 0 Å². The molecule has 1 fully saturated rings. The second-order valence-corrected chi connectivity index (χ2v) is 4.63. The van der Waals surface area contributed by atoms with Gasteiger partial charge in [0.2, 0.25) is 0 Å². The molecule has 1 heterocycles. The minimum atomic E-state index is 0.0590. The molecular weight excluding hydrogens is 202 g/mol. The predicted molar refractivity (Wildman–Crippen MR) is 64.6 cm³/mol. The van der Waals surface area contributed by atoms with Crippen LogP contribution in [0.4, 0.5) is 5.82 Å². The molecule has 1 saturated carbocycles. The molecule has 2 rings (SSSR count). The molecule has 16 heavy (non-hydrogen) atoms. The normalized spacial score (nSPS) is 17.2. The number of rotatable bonds is 5. The van der Waals surface area contributed by atoms with Gasteiger partial charge in [0.1, 0.15) is 0 Å². The summed E-state index contributed by atoms with van der Waals surface area (Å²) in [6.07, 6.45) is 4.14. The van der Waals surface area contributed by atoms with Crippen LogP contribution in [0.2, 0.25) is 0 Å². The topological polar surface area (TPSA) is 60.2 Å². The van der Waals surface area contributed by atoms with Crippen LogP contribution in [-0.2, 0) is 0 Å². The zero-order valence-corrected chi connectivity index (χ0v) is 9.86. The SMILES string of the molecule is CC(C)Oc1cccnc1NC1(CN)CC1. The van der Waals surface area contributed by atoms with Crippen molar-refractivity contribution in [1.82, 2.24) is 4.98 Å². The van der Waals surface area contributed by atoms with Crippen LogP contribution < -0.4 is 15.8 Å². The molecule has 4 nitrogen and oxygen atoms in total. The third-order valence-corrected chi connectivity index (χ3v) is 2.76. The molecule has 1 aromatic rings. The Labute approximate surface area is 96.2 Å². The second kappa shape index (κ2) is 4.29. The van der Waals surface area contributed by atoms with Gasteiger partial charge in [-0.1, -0.05) is 0 Å². The molecule has 0 spiro atoms. The minimum Gasteiger partial charge on any atom is -0.487 e. The summed E-state index contributed by atoms with van der Waals surface area (Å²) in [5, 5.41) is 3.39. The predicted octanol–water partition coefficient (Wildman–Crippen LogP) is 1.77. The highest BCUT2D eigenvalue weighted by molar-refractivity contribution is 5.52. The number of aromatic nitrogens is 1. The third-order valence-electron chi connectivity index (χ3n) is 2.76. The first-order valence-corrected chi connectivity index (χ1v) is 5.75. The van der Waals surface area contributed by atoms with Gasteiger partial charge in [0.15, 0.2) is 11.6 Å². The molecule has 0 saturated heterocycles. The summed E-state index contributed by atoms with van der Waals surface area (Å²) in [7, 11) is 0. The number of nitrogens with two attached hydrogens (primary N) is 1. The monoisotopic (exact) mass is 221 g/mol. The van der Waals surface area contributed by atoms with E-state index >= 15 is 0 Å². The average molecular weight is 221 g/mol. The van der Waals surface area contributed by atoms with Gasteiger partial charge >= 0.3 is 0 Å². The Morgan fingerprint density at radius 2 is 2.31 bits per heavy atom. The van der Waals surface area contributed by atoms with Crippen molar-refractivity contribution in [1.29, 1.82) is 0 Å². The summed E-state index contributed by atoms with van der Waals surface area (Å²) >= 11 is 0. The molecule has 4 heteroatoms. The van der Waals surface area contributed by atoms with E-state index in [0.717, 1.165) is 24.4 Å². The van der Waals surface area contributed by atoms with Crippen LogP contribution in [0, 0.1) is 0 Å². The molecular formula is C12H19N3O. The number of nitrogens with one attached hydrogen (secondary N) is 1. The molecule has 0 unspecified atom stereocenters. The highest BCUT2D eigenvalue weighted by Gasteiger charge is 2.42. The molecule has 0 aliphatic heterocycles. The fourth-order valence-corrected chi connectivity index (χ4v) is 1.62. The lowest BCUT2D eigenvalue weighted by Gasteiger charge is -2.19. The van der Waals surface area contributed by atoms with E-state index in [1.807, 2.05) is 26.0 Å². The van der Waals surface area contributed by atoms with Gasteiger partial charge in [-0.15, -0.1) is 0 Å². The summed E-state index contributed by atoms with van der Waals surface area (Å²) in [5.41, 5.74) is 5.80. The van der Waals surface area contributed by atoms with E-state index in [1.54, 1.807) is 6.20 Å². The van der Waals surface area contributed by atoms with E-state index < -0.39 is 0 Å². The van der Waals surface area contributed by atoms with Gasteiger partial charge in [0.25, 0.3) is 0 Å². The quantitative estimate of drug-likeness (QED) is 0.795. The molecule has 1 aliphatic rings. The van der Waals surface area contributed by atoms with Crippen LogP contribution in [0.15, 0.2) is 18.3 Å². The number of hydrogen-bond donors (Lipinski definition) is 2. The number of hydrogen-bond acceptors (Lipinski definition) is 4. The van der Waals surface area contributed by atoms with Gasteiger partial charge in [-0.2, -0.15) is 0 Å². The van der Waals surface area contributed by atoms with Crippen LogP contribution in [0.25, 0.3) is 0 Å². The van der Waals surface area contributed by atoms with Crippen molar-refractivity contribution in [2.24, 2.45) is 5.73 Å². The lowest BCUT2D eigenvalue weighted by atomic mass is 10.2. The summed E-state index contributed by atoms with van der Waals surface area (Å²) < 4.78 is 5.70. The van der Waals surface area contributed by atoms with E-state index in [0.29, 0.717) is 6.54 Å². The standard InChI is InChI=1S/C12H19N3O/c1-9(2)16-10-4-3-7-14-11(10)15-12(8-13)5-6-12/h3-4,7,9H,5-6,8,13H2,1-2H3,(H,14,15). The molecule has 0 amide bonds. The maximum absolute atomic E-state index is 5.74. The van der Waals surface area contributed by atoms with Crippen molar-refractivity contribution < 1.29 is 4.74 Å². The van der Waals surface area contributed by atoms with E-state index in [2.05, 4.69) is 10.3 Å². The smallest absolute Gasteiger partial charge is 0.169 e. The van der Waals surface area contributed by atoms with Gasteiger partial charge in [-0.3, -0.25) is 0 Å². The molecule has 0 aromatic carbocycles. The average Bonchev–Trinajstić information content (AvgIpc) is 3.01. The van der Waals surface area contributed by atoms with Crippen LogP contribution in [0.1, 0.15) is 26.7 Å². The lowest BCUT2D eigenvalue weighted by molar-refractivity contribution is 0.242. The highest BCUT2D eigenvalue weighted by atomic mass is 16.5. The van der Waals surface area contributed by atoms with Crippen molar-refractivity contribution in [3.63, 3.8) is 0 Å². The number of ether oxygens (including phenoxy) is 1. The third kappa shape index (κ3) is 2.44. The zero-order chi connectivity index (χ0) is 11.6. The Morgan fingerprint density at radius 1 is 1.56 bits per heavy atom. The summed E-state index contributed by atoms with van der Waals surface area (Å²) in [5.74, 6) is 1.61. The van der Waals surface area contributed by atoms with Crippen molar-refractivity contribution >= 4 is 5.82 Å². The van der Waals surface area contributed by atoms with Gasteiger partial charge in [0, 0.05) is 12.7 Å². The Morgan fingerprint density at radius 3 is 2.88 bits per heavy atom. The minimum absolute atomic E-state index is 0.0590. The number of nitrogens with zero attached hydrogens (tertiary/aromatic N) is 1. The second-order valence-electron chi connectivity index (χ2n) is 4.63. The molecule has 0 radical (unpaired) electrons. The van der Waals surface area contributed by atoms with Crippen LogP contribution in [0.5, 0.6) is 5.75 Å². The Bertz CT molecular complexity index is 361. The molecule has 0 bridgehead atoms. The Balaban J connectivity index is 2.13. The molecule has 1 aromatic heterocycles. The number of pyridine rings is 1. The first kappa shape index (κ1) is 11.2. The molecule has 1 aliphatic carbocycles. The van der Waals surface area contributed by atoms with Gasteiger partial charge < -0.3 is 15.8 Å². The largest absolute Gasteiger partial charge is 0.487 e. The maximum Gasteiger partial charge on any atom is 0.169 e. The first-order valence-electron chi connectivity index (χ1n) is 5.75. The first-order chi connectivity index (χ1) is 7.65. The summed E-state index contributed by atoms with van der Waals surface area (Å²) in [4.78, 5) is 4.31. The van der Waals surface area contributed by atoms with E-state index in [4.69, 9.17) is 10.5 Å². The van der Waals surface area contributed by atoms with Crippen molar-refractivity contribution in [3.8, 4) is 5.75 Å². The number of anilines is 1. The van der Waals surface area contributed by atoms with E-state index in [-0.39, 0.29) is 11.6 Å². The van der Waals surface area contributed by atoms with Gasteiger partial charge in [-0.25, -0.2) is 4.98 Å². The summed E-state index contributed by atoms with van der Waals surface area (Å²) in [6, 6.07) is 3.81. The molecule has 0 atom stereocenters. The van der Waals surface area contributed by atoms with Crippen molar-refractivity contribution in [3.05, 3.63) is 18.3 Å². The van der Waals surface area contributed by atoms with Crippen molar-refractivity contribution in [2.75, 3.05) is 11.9 Å². The summed E-state index contributed by atoms with van der Waals surface area (Å²) in [6.45, 7) is 4.66. The highest BCUT2D eigenvalue weighted by Crippen LogP contribution is 2.39. The maximum atomic E-state index is 5.74. The molecule has 3 N–H and O–H groups in total. The Hall–Kier alpha value is -1.29. The van der Waals surface area contributed by atoms with Gasteiger partial charge in [-0.05, 0) is 38.8 Å². The van der Waals surface area contributed by atoms with Crippen LogP contribution in [-0.4, -0.2) is 23.2 Å². The van der Waals surface area contributed by atoms with Crippen molar-refractivity contribution in [2.45, 2.75) is 38.3 Å². The van der Waals surface area contributed by atoms with E-state index in [9.17, 15) is 0 Å². The lowest BCUT2D eigenvalue weighted by Crippen LogP contribution is -2.31. The Kier molecular flexibility index (Phi) is 3.01. The van der Waals surface area contributed by atoms with Crippen LogP contribution in [0.3, 0.4) is 0 Å². The van der Waals surface area contributed by atoms with Gasteiger partial charge in [0.05, 0.1) is 11.6 Å². The molecule has 88 valence electrons. The van der Waals surface area contributed by atoms with E-state index in [1.165, 1.54) is 0 Å². The zero-order valence-electron chi connectivity index (χ0n) is 9.86.